The SMILES string of the molecule is CCOC(=O)C1=C(C)N=c2s/c(=C\c3cn(C(C)C)c4ccccc34)c(=O)n2[C@@H]1c1ccccc1OCC. The van der Waals surface area contributed by atoms with Crippen LogP contribution in [0.4, 0.5) is 0 Å². The molecule has 0 N–H and O–H groups in total. The van der Waals surface area contributed by atoms with Crippen LogP contribution in [0, 0.1) is 0 Å². The van der Waals surface area contributed by atoms with E-state index < -0.39 is 12.0 Å². The molecule has 0 radical (unpaired) electrons. The summed E-state index contributed by atoms with van der Waals surface area (Å²) in [5.74, 6) is 0.130. The summed E-state index contributed by atoms with van der Waals surface area (Å²) in [6.45, 7) is 10.4. The number of thiazole rings is 1. The Morgan fingerprint density at radius 3 is 2.58 bits per heavy atom. The lowest BCUT2D eigenvalue weighted by atomic mass is 9.95. The van der Waals surface area contributed by atoms with Crippen molar-refractivity contribution in [3.63, 3.8) is 0 Å². The molecule has 0 aliphatic carbocycles. The summed E-state index contributed by atoms with van der Waals surface area (Å²) in [6, 6.07) is 15.2. The van der Waals surface area contributed by atoms with Crippen LogP contribution >= 0.6 is 11.3 Å². The van der Waals surface area contributed by atoms with E-state index in [2.05, 4.69) is 36.7 Å². The van der Waals surface area contributed by atoms with Crippen molar-refractivity contribution in [1.29, 1.82) is 0 Å². The zero-order valence-corrected chi connectivity index (χ0v) is 23.0. The molecule has 1 atom stereocenters. The third-order valence-electron chi connectivity index (χ3n) is 6.64. The maximum Gasteiger partial charge on any atom is 0.338 e. The Balaban J connectivity index is 1.77. The Labute approximate surface area is 225 Å². The van der Waals surface area contributed by atoms with Gasteiger partial charge in [-0.25, -0.2) is 9.79 Å². The van der Waals surface area contributed by atoms with Crippen molar-refractivity contribution in [1.82, 2.24) is 9.13 Å². The van der Waals surface area contributed by atoms with Gasteiger partial charge in [0.1, 0.15) is 11.8 Å². The number of allylic oxidation sites excluding steroid dienone is 1. The van der Waals surface area contributed by atoms with Crippen molar-refractivity contribution < 1.29 is 14.3 Å². The lowest BCUT2D eigenvalue weighted by Crippen LogP contribution is -2.40. The number of carbonyl (C=O) groups is 1. The highest BCUT2D eigenvalue weighted by atomic mass is 32.1. The zero-order chi connectivity index (χ0) is 27.0. The molecule has 0 amide bonds. The van der Waals surface area contributed by atoms with E-state index in [0.29, 0.717) is 33.0 Å². The lowest BCUT2D eigenvalue weighted by Gasteiger charge is -2.26. The molecule has 2 aromatic heterocycles. The van der Waals surface area contributed by atoms with Gasteiger partial charge in [-0.1, -0.05) is 47.7 Å². The minimum Gasteiger partial charge on any atom is -0.494 e. The van der Waals surface area contributed by atoms with Gasteiger partial charge in [0.05, 0.1) is 29.0 Å². The molecule has 196 valence electrons. The summed E-state index contributed by atoms with van der Waals surface area (Å²) in [7, 11) is 0. The third kappa shape index (κ3) is 4.39. The number of benzene rings is 2. The van der Waals surface area contributed by atoms with Crippen LogP contribution in [0.25, 0.3) is 17.0 Å². The van der Waals surface area contributed by atoms with Gasteiger partial charge >= 0.3 is 5.97 Å². The molecule has 1 aliphatic rings. The van der Waals surface area contributed by atoms with Crippen molar-refractivity contribution in [3.8, 4) is 5.75 Å². The minimum atomic E-state index is -0.716. The molecule has 0 unspecified atom stereocenters. The Bertz CT molecular complexity index is 1740. The van der Waals surface area contributed by atoms with Crippen LogP contribution < -0.4 is 19.6 Å². The second-order valence-electron chi connectivity index (χ2n) is 9.38. The van der Waals surface area contributed by atoms with Crippen molar-refractivity contribution in [3.05, 3.63) is 96.8 Å². The number of nitrogens with zero attached hydrogens (tertiary/aromatic N) is 3. The highest BCUT2D eigenvalue weighted by Gasteiger charge is 2.35. The van der Waals surface area contributed by atoms with Crippen molar-refractivity contribution in [2.24, 2.45) is 4.99 Å². The molecular weight excluding hydrogens is 498 g/mol. The molecular formula is C30H31N3O4S. The summed E-state index contributed by atoms with van der Waals surface area (Å²) in [5.41, 5.74) is 3.47. The summed E-state index contributed by atoms with van der Waals surface area (Å²) >= 11 is 1.32. The molecule has 0 saturated carbocycles. The highest BCUT2D eigenvalue weighted by molar-refractivity contribution is 7.07. The predicted molar refractivity (Wildman–Crippen MR) is 150 cm³/mol. The molecule has 2 aromatic carbocycles. The van der Waals surface area contributed by atoms with E-state index in [0.717, 1.165) is 22.0 Å². The van der Waals surface area contributed by atoms with E-state index in [1.165, 1.54) is 11.3 Å². The predicted octanol–water partition coefficient (Wildman–Crippen LogP) is 4.73. The van der Waals surface area contributed by atoms with Crippen LogP contribution in [0.5, 0.6) is 5.75 Å². The standard InChI is InChI=1S/C30H31N3O4S/c1-6-36-24-15-11-9-13-22(24)27-26(29(35)37-7-2)19(5)31-30-33(27)28(34)25(38-30)16-20-17-32(18(3)4)23-14-10-8-12-21(20)23/h8-18,27H,6-7H2,1-5H3/b25-16-/t27-/m1/s1. The maximum absolute atomic E-state index is 14.0. The number of hydrogen-bond donors (Lipinski definition) is 0. The third-order valence-corrected chi connectivity index (χ3v) is 7.63. The molecule has 3 heterocycles. The van der Waals surface area contributed by atoms with Gasteiger partial charge < -0.3 is 14.0 Å². The first-order chi connectivity index (χ1) is 18.3. The smallest absolute Gasteiger partial charge is 0.338 e. The average molecular weight is 530 g/mol. The van der Waals surface area contributed by atoms with E-state index in [4.69, 9.17) is 14.5 Å². The molecule has 38 heavy (non-hydrogen) atoms. The highest BCUT2D eigenvalue weighted by Crippen LogP contribution is 2.36. The molecule has 0 spiro atoms. The fraction of sp³-hybridized carbons (Fsp3) is 0.300. The summed E-state index contributed by atoms with van der Waals surface area (Å²) in [4.78, 5) is 32.5. The van der Waals surface area contributed by atoms with Crippen LogP contribution in [0.3, 0.4) is 0 Å². The summed E-state index contributed by atoms with van der Waals surface area (Å²) in [6.07, 6.45) is 4.02. The first kappa shape index (κ1) is 25.7. The number of rotatable bonds is 7. The fourth-order valence-electron chi connectivity index (χ4n) is 4.99. The Kier molecular flexibility index (Phi) is 7.08. The van der Waals surface area contributed by atoms with E-state index in [9.17, 15) is 9.59 Å². The number of esters is 1. The quantitative estimate of drug-likeness (QED) is 0.325. The molecule has 7 nitrogen and oxygen atoms in total. The second kappa shape index (κ2) is 10.5. The van der Waals surface area contributed by atoms with Gasteiger partial charge in [0, 0.05) is 34.3 Å². The lowest BCUT2D eigenvalue weighted by molar-refractivity contribution is -0.139. The van der Waals surface area contributed by atoms with Crippen LogP contribution in [0.1, 0.15) is 57.8 Å². The van der Waals surface area contributed by atoms with Gasteiger partial charge in [-0.2, -0.15) is 0 Å². The second-order valence-corrected chi connectivity index (χ2v) is 10.4. The topological polar surface area (TPSA) is 74.8 Å². The van der Waals surface area contributed by atoms with Crippen LogP contribution in [0.15, 0.2) is 75.8 Å². The molecule has 4 aromatic rings. The van der Waals surface area contributed by atoms with Crippen molar-refractivity contribution >= 4 is 34.3 Å². The molecule has 0 fully saturated rings. The summed E-state index contributed by atoms with van der Waals surface area (Å²) in [5, 5.41) is 1.08. The van der Waals surface area contributed by atoms with Gasteiger partial charge in [-0.05, 0) is 52.8 Å². The minimum absolute atomic E-state index is 0.208. The molecule has 0 saturated heterocycles. The number of hydrogen-bond acceptors (Lipinski definition) is 6. The van der Waals surface area contributed by atoms with E-state index >= 15 is 0 Å². The number of ether oxygens (including phenoxy) is 2. The normalized spacial score (nSPS) is 15.6. The van der Waals surface area contributed by atoms with Crippen LogP contribution in [-0.2, 0) is 9.53 Å². The number of aromatic nitrogens is 2. The van der Waals surface area contributed by atoms with E-state index in [1.807, 2.05) is 49.4 Å². The van der Waals surface area contributed by atoms with Crippen molar-refractivity contribution in [2.75, 3.05) is 13.2 Å². The van der Waals surface area contributed by atoms with Gasteiger partial charge in [-0.15, -0.1) is 0 Å². The molecule has 5 rings (SSSR count). The maximum atomic E-state index is 14.0. The Morgan fingerprint density at radius 2 is 1.84 bits per heavy atom. The molecule has 8 heteroatoms. The Morgan fingerprint density at radius 1 is 1.11 bits per heavy atom. The van der Waals surface area contributed by atoms with Crippen LogP contribution in [-0.4, -0.2) is 28.3 Å². The van der Waals surface area contributed by atoms with Gasteiger partial charge in [0.2, 0.25) is 0 Å². The van der Waals surface area contributed by atoms with Crippen molar-refractivity contribution in [2.45, 2.75) is 46.7 Å². The zero-order valence-electron chi connectivity index (χ0n) is 22.2. The first-order valence-electron chi connectivity index (χ1n) is 12.9. The number of para-hydroxylation sites is 2. The monoisotopic (exact) mass is 529 g/mol. The van der Waals surface area contributed by atoms with Crippen LogP contribution in [0.2, 0.25) is 0 Å². The van der Waals surface area contributed by atoms with E-state index in [1.54, 1.807) is 18.4 Å². The number of fused-ring (bicyclic) bond motifs is 2. The number of carbonyl (C=O) groups excluding carboxylic acids is 1. The Hall–Kier alpha value is -3.91. The molecule has 0 bridgehead atoms. The van der Waals surface area contributed by atoms with Gasteiger partial charge in [0.25, 0.3) is 5.56 Å². The van der Waals surface area contributed by atoms with Gasteiger partial charge in [-0.3, -0.25) is 9.36 Å². The van der Waals surface area contributed by atoms with E-state index in [-0.39, 0.29) is 18.2 Å². The largest absolute Gasteiger partial charge is 0.494 e. The van der Waals surface area contributed by atoms with Gasteiger partial charge in [0.15, 0.2) is 4.80 Å². The fourth-order valence-corrected chi connectivity index (χ4v) is 6.03. The average Bonchev–Trinajstić information content (AvgIpc) is 3.41. The first-order valence-corrected chi connectivity index (χ1v) is 13.7. The molecule has 1 aliphatic heterocycles. The summed E-state index contributed by atoms with van der Waals surface area (Å²) < 4.78 is 15.7.